The second-order valence-electron chi connectivity index (χ2n) is 5.40. The number of rotatable bonds is 4. The maximum atomic E-state index is 9.50. The molecule has 19 heavy (non-hydrogen) atoms. The van der Waals surface area contributed by atoms with E-state index in [9.17, 15) is 5.11 Å². The van der Waals surface area contributed by atoms with Crippen molar-refractivity contribution in [2.24, 2.45) is 0 Å². The molecule has 0 aliphatic carbocycles. The number of hydrogen-bond donors (Lipinski definition) is 1. The number of aliphatic hydroxyl groups is 1. The third-order valence-corrected chi connectivity index (χ3v) is 4.17. The van der Waals surface area contributed by atoms with E-state index in [1.807, 2.05) is 12.1 Å². The van der Waals surface area contributed by atoms with Gasteiger partial charge in [-0.2, -0.15) is 0 Å². The molecule has 0 aromatic carbocycles. The average Bonchev–Trinajstić information content (AvgIpc) is 2.46. The maximum absolute atomic E-state index is 9.50. The Balaban J connectivity index is 1.97. The average molecular weight is 263 g/mol. The Morgan fingerprint density at radius 3 is 2.58 bits per heavy atom. The standard InChI is InChI=1S/C15H25N3O/c1-4-18-9-7-14(8-10-18)17(3)15-6-5-13(11-16-15)12(2)19/h5-6,11-12,14,19H,4,7-10H2,1-3H3. The Morgan fingerprint density at radius 2 is 2.11 bits per heavy atom. The molecule has 1 unspecified atom stereocenters. The normalized spacial score (nSPS) is 19.4. The van der Waals surface area contributed by atoms with Crippen LogP contribution in [-0.2, 0) is 0 Å². The zero-order chi connectivity index (χ0) is 13.8. The number of aromatic nitrogens is 1. The Labute approximate surface area is 116 Å². The number of anilines is 1. The van der Waals surface area contributed by atoms with Gasteiger partial charge in [-0.25, -0.2) is 4.98 Å². The molecule has 1 fully saturated rings. The van der Waals surface area contributed by atoms with Gasteiger partial charge in [0.15, 0.2) is 0 Å². The van der Waals surface area contributed by atoms with Crippen molar-refractivity contribution in [3.8, 4) is 0 Å². The number of likely N-dealkylation sites (tertiary alicyclic amines) is 1. The van der Waals surface area contributed by atoms with Crippen LogP contribution in [0.1, 0.15) is 38.4 Å². The van der Waals surface area contributed by atoms with Gasteiger partial charge in [-0.1, -0.05) is 13.0 Å². The monoisotopic (exact) mass is 263 g/mol. The summed E-state index contributed by atoms with van der Waals surface area (Å²) in [5.41, 5.74) is 0.873. The summed E-state index contributed by atoms with van der Waals surface area (Å²) in [7, 11) is 2.12. The van der Waals surface area contributed by atoms with Gasteiger partial charge in [-0.05, 0) is 37.9 Å². The highest BCUT2D eigenvalue weighted by Crippen LogP contribution is 2.21. The van der Waals surface area contributed by atoms with Crippen LogP contribution in [0.4, 0.5) is 5.82 Å². The highest BCUT2D eigenvalue weighted by atomic mass is 16.3. The fraction of sp³-hybridized carbons (Fsp3) is 0.667. The highest BCUT2D eigenvalue weighted by molar-refractivity contribution is 5.40. The highest BCUT2D eigenvalue weighted by Gasteiger charge is 2.22. The molecule has 0 bridgehead atoms. The summed E-state index contributed by atoms with van der Waals surface area (Å²) in [6.07, 6.45) is 3.73. The Hall–Kier alpha value is -1.13. The number of piperidine rings is 1. The molecule has 1 aromatic heterocycles. The molecule has 0 spiro atoms. The fourth-order valence-corrected chi connectivity index (χ4v) is 2.66. The summed E-state index contributed by atoms with van der Waals surface area (Å²) in [4.78, 5) is 9.24. The minimum Gasteiger partial charge on any atom is -0.389 e. The van der Waals surface area contributed by atoms with Gasteiger partial charge in [0.2, 0.25) is 0 Å². The first-order chi connectivity index (χ1) is 9.11. The molecule has 4 nitrogen and oxygen atoms in total. The van der Waals surface area contributed by atoms with Crippen LogP contribution in [0.5, 0.6) is 0 Å². The molecule has 1 atom stereocenters. The van der Waals surface area contributed by atoms with Crippen molar-refractivity contribution in [1.29, 1.82) is 0 Å². The molecule has 2 rings (SSSR count). The summed E-state index contributed by atoms with van der Waals surface area (Å²) in [5, 5.41) is 9.50. The van der Waals surface area contributed by atoms with Crippen LogP contribution in [0.3, 0.4) is 0 Å². The predicted molar refractivity (Wildman–Crippen MR) is 78.4 cm³/mol. The van der Waals surface area contributed by atoms with Crippen molar-refractivity contribution in [3.63, 3.8) is 0 Å². The van der Waals surface area contributed by atoms with Crippen LogP contribution in [0.2, 0.25) is 0 Å². The molecule has 0 saturated carbocycles. The maximum Gasteiger partial charge on any atom is 0.128 e. The third kappa shape index (κ3) is 3.45. The third-order valence-electron chi connectivity index (χ3n) is 4.17. The smallest absolute Gasteiger partial charge is 0.128 e. The molecule has 0 amide bonds. The zero-order valence-corrected chi connectivity index (χ0v) is 12.2. The summed E-state index contributed by atoms with van der Waals surface area (Å²) in [6, 6.07) is 4.55. The van der Waals surface area contributed by atoms with Crippen molar-refractivity contribution < 1.29 is 5.11 Å². The van der Waals surface area contributed by atoms with Crippen molar-refractivity contribution >= 4 is 5.82 Å². The summed E-state index contributed by atoms with van der Waals surface area (Å²) in [5.74, 6) is 0.999. The molecule has 0 radical (unpaired) electrons. The first-order valence-corrected chi connectivity index (χ1v) is 7.21. The summed E-state index contributed by atoms with van der Waals surface area (Å²) >= 11 is 0. The van der Waals surface area contributed by atoms with Gasteiger partial charge in [0, 0.05) is 32.4 Å². The lowest BCUT2D eigenvalue weighted by atomic mass is 10.0. The van der Waals surface area contributed by atoms with Gasteiger partial charge in [0.1, 0.15) is 5.82 Å². The lowest BCUT2D eigenvalue weighted by molar-refractivity contribution is 0.199. The van der Waals surface area contributed by atoms with Crippen molar-refractivity contribution in [1.82, 2.24) is 9.88 Å². The molecule has 2 heterocycles. The number of pyridine rings is 1. The number of hydrogen-bond acceptors (Lipinski definition) is 4. The molecule has 1 aliphatic rings. The second kappa shape index (κ2) is 6.35. The predicted octanol–water partition coefficient (Wildman–Crippen LogP) is 2.06. The minimum atomic E-state index is -0.445. The van der Waals surface area contributed by atoms with E-state index in [1.54, 1.807) is 13.1 Å². The van der Waals surface area contributed by atoms with Gasteiger partial charge in [0.05, 0.1) is 6.10 Å². The van der Waals surface area contributed by atoms with Gasteiger partial charge < -0.3 is 14.9 Å². The quantitative estimate of drug-likeness (QED) is 0.902. The molecule has 1 aromatic rings. The fourth-order valence-electron chi connectivity index (χ4n) is 2.66. The molecular formula is C15H25N3O. The van der Waals surface area contributed by atoms with Gasteiger partial charge >= 0.3 is 0 Å². The Bertz CT molecular complexity index is 383. The summed E-state index contributed by atoms with van der Waals surface area (Å²) < 4.78 is 0. The molecule has 1 N–H and O–H groups in total. The van der Waals surface area contributed by atoms with Crippen molar-refractivity contribution in [3.05, 3.63) is 23.9 Å². The minimum absolute atomic E-state index is 0.445. The van der Waals surface area contributed by atoms with E-state index in [2.05, 4.69) is 28.8 Å². The molecule has 4 heteroatoms. The van der Waals surface area contributed by atoms with E-state index in [0.29, 0.717) is 6.04 Å². The SMILES string of the molecule is CCN1CCC(N(C)c2ccc(C(C)O)cn2)CC1. The van der Waals surface area contributed by atoms with Crippen molar-refractivity contribution in [2.75, 3.05) is 31.6 Å². The van der Waals surface area contributed by atoms with Crippen LogP contribution in [-0.4, -0.2) is 47.7 Å². The van der Waals surface area contributed by atoms with Crippen LogP contribution < -0.4 is 4.90 Å². The van der Waals surface area contributed by atoms with E-state index >= 15 is 0 Å². The Morgan fingerprint density at radius 1 is 1.42 bits per heavy atom. The Kier molecular flexibility index (Phi) is 4.77. The topological polar surface area (TPSA) is 39.6 Å². The lowest BCUT2D eigenvalue weighted by Crippen LogP contribution is -2.43. The van der Waals surface area contributed by atoms with Gasteiger partial charge in [-0.3, -0.25) is 0 Å². The van der Waals surface area contributed by atoms with E-state index in [0.717, 1.165) is 17.9 Å². The molecule has 106 valence electrons. The van der Waals surface area contributed by atoms with E-state index in [-0.39, 0.29) is 0 Å². The van der Waals surface area contributed by atoms with Crippen LogP contribution in [0, 0.1) is 0 Å². The second-order valence-corrected chi connectivity index (χ2v) is 5.40. The van der Waals surface area contributed by atoms with E-state index in [4.69, 9.17) is 0 Å². The zero-order valence-electron chi connectivity index (χ0n) is 12.2. The van der Waals surface area contributed by atoms with Crippen LogP contribution in [0.25, 0.3) is 0 Å². The van der Waals surface area contributed by atoms with Gasteiger partial charge in [0.25, 0.3) is 0 Å². The first kappa shape index (κ1) is 14.3. The molecule has 1 saturated heterocycles. The number of nitrogens with zero attached hydrogens (tertiary/aromatic N) is 3. The lowest BCUT2D eigenvalue weighted by Gasteiger charge is -2.36. The molecular weight excluding hydrogens is 238 g/mol. The summed E-state index contributed by atoms with van der Waals surface area (Å²) in [6.45, 7) is 7.49. The molecule has 1 aliphatic heterocycles. The van der Waals surface area contributed by atoms with E-state index < -0.39 is 6.10 Å². The first-order valence-electron chi connectivity index (χ1n) is 7.21. The van der Waals surface area contributed by atoms with Crippen molar-refractivity contribution in [2.45, 2.75) is 38.8 Å². The van der Waals surface area contributed by atoms with Crippen LogP contribution >= 0.6 is 0 Å². The number of aliphatic hydroxyl groups excluding tert-OH is 1. The van der Waals surface area contributed by atoms with Gasteiger partial charge in [-0.15, -0.1) is 0 Å². The van der Waals surface area contributed by atoms with Crippen LogP contribution in [0.15, 0.2) is 18.3 Å². The largest absolute Gasteiger partial charge is 0.389 e. The van der Waals surface area contributed by atoms with E-state index in [1.165, 1.54) is 25.9 Å².